The van der Waals surface area contributed by atoms with Gasteiger partial charge in [0.25, 0.3) is 0 Å². The molecule has 1 aliphatic carbocycles. The maximum Gasteiger partial charge on any atom is 0.312 e. The number of hydrogen-bond donors (Lipinski definition) is 2. The Kier molecular flexibility index (Phi) is 5.15. The van der Waals surface area contributed by atoms with E-state index in [9.17, 15) is 14.1 Å². The highest BCUT2D eigenvalue weighted by atomic mass is 32.2. The van der Waals surface area contributed by atoms with Gasteiger partial charge in [0.15, 0.2) is 5.13 Å². The fourth-order valence-electron chi connectivity index (χ4n) is 2.35. The van der Waals surface area contributed by atoms with Gasteiger partial charge in [-0.05, 0) is 32.6 Å². The van der Waals surface area contributed by atoms with Crippen molar-refractivity contribution in [3.05, 3.63) is 10.6 Å². The monoisotopic (exact) mass is 316 g/mol. The zero-order chi connectivity index (χ0) is 14.7. The van der Waals surface area contributed by atoms with Gasteiger partial charge in [0.05, 0.1) is 5.69 Å². The second-order valence-electron chi connectivity index (χ2n) is 5.22. The number of fused-ring (bicyclic) bond motifs is 1. The smallest absolute Gasteiger partial charge is 0.312 e. The summed E-state index contributed by atoms with van der Waals surface area (Å²) in [5.41, 5.74) is 0.738. The summed E-state index contributed by atoms with van der Waals surface area (Å²) in [5, 5.41) is 13.3. The molecule has 5 nitrogen and oxygen atoms in total. The van der Waals surface area contributed by atoms with E-state index in [1.54, 1.807) is 17.6 Å². The molecule has 0 aromatic carbocycles. The molecule has 0 saturated heterocycles. The predicted octanol–water partition coefficient (Wildman–Crippen LogP) is 2.22. The molecule has 3 unspecified atom stereocenters. The van der Waals surface area contributed by atoms with Crippen molar-refractivity contribution in [3.63, 3.8) is 0 Å². The number of nitrogens with one attached hydrogen (secondary N) is 1. The molecule has 1 heterocycles. The van der Waals surface area contributed by atoms with Crippen molar-refractivity contribution >= 4 is 33.2 Å². The van der Waals surface area contributed by atoms with Crippen LogP contribution in [0.25, 0.3) is 0 Å². The third-order valence-electron chi connectivity index (χ3n) is 3.46. The molecule has 0 aliphatic heterocycles. The number of aliphatic carboxylic acids is 1. The number of hydrogen-bond acceptors (Lipinski definition) is 5. The minimum Gasteiger partial charge on any atom is -0.481 e. The summed E-state index contributed by atoms with van der Waals surface area (Å²) in [5.74, 6) is -0.571. The highest BCUT2D eigenvalue weighted by Gasteiger charge is 2.30. The van der Waals surface area contributed by atoms with Gasteiger partial charge in [-0.2, -0.15) is 0 Å². The van der Waals surface area contributed by atoms with Crippen molar-refractivity contribution in [1.82, 2.24) is 4.98 Å². The highest BCUT2D eigenvalue weighted by Crippen LogP contribution is 2.37. The van der Waals surface area contributed by atoms with E-state index in [4.69, 9.17) is 0 Å². The van der Waals surface area contributed by atoms with Gasteiger partial charge in [-0.15, -0.1) is 11.3 Å². The van der Waals surface area contributed by atoms with E-state index < -0.39 is 22.7 Å². The van der Waals surface area contributed by atoms with Crippen molar-refractivity contribution in [1.29, 1.82) is 0 Å². The number of rotatable bonds is 6. The maximum atomic E-state index is 11.2. The summed E-state index contributed by atoms with van der Waals surface area (Å²) in [4.78, 5) is 16.8. The molecular weight excluding hydrogens is 296 g/mol. The summed E-state index contributed by atoms with van der Waals surface area (Å²) >= 11 is 1.56. The lowest BCUT2D eigenvalue weighted by molar-refractivity contribution is -0.139. The van der Waals surface area contributed by atoms with Gasteiger partial charge in [0.1, 0.15) is 5.92 Å². The lowest BCUT2D eigenvalue weighted by atomic mass is 9.91. The Labute approximate surface area is 125 Å². The molecule has 0 saturated carbocycles. The number of carboxylic acid groups (broad SMARTS) is 1. The van der Waals surface area contributed by atoms with Crippen LogP contribution in [0.2, 0.25) is 0 Å². The lowest BCUT2D eigenvalue weighted by Crippen LogP contribution is -2.19. The van der Waals surface area contributed by atoms with E-state index >= 15 is 0 Å². The fraction of sp³-hybridized carbons (Fsp3) is 0.692. The maximum absolute atomic E-state index is 11.2. The van der Waals surface area contributed by atoms with Crippen molar-refractivity contribution in [2.24, 2.45) is 0 Å². The van der Waals surface area contributed by atoms with Gasteiger partial charge in [0.2, 0.25) is 0 Å². The van der Waals surface area contributed by atoms with E-state index in [-0.39, 0.29) is 6.04 Å². The van der Waals surface area contributed by atoms with Crippen molar-refractivity contribution in [2.45, 2.75) is 44.6 Å². The Bertz CT molecular complexity index is 516. The Morgan fingerprint density at radius 2 is 2.40 bits per heavy atom. The number of aromatic nitrogens is 1. The molecule has 112 valence electrons. The molecule has 2 N–H and O–H groups in total. The predicted molar refractivity (Wildman–Crippen MR) is 82.1 cm³/mol. The van der Waals surface area contributed by atoms with Crippen molar-refractivity contribution in [3.8, 4) is 0 Å². The number of anilines is 1. The second kappa shape index (κ2) is 6.67. The summed E-state index contributed by atoms with van der Waals surface area (Å²) in [6, 6.07) is 0.190. The van der Waals surface area contributed by atoms with Crippen LogP contribution in [-0.2, 0) is 22.0 Å². The molecular formula is C13H20N2O3S2. The molecule has 0 bridgehead atoms. The zero-order valence-corrected chi connectivity index (χ0v) is 13.4. The summed E-state index contributed by atoms with van der Waals surface area (Å²) < 4.78 is 11.1. The first kappa shape index (κ1) is 15.4. The van der Waals surface area contributed by atoms with Crippen LogP contribution < -0.4 is 5.32 Å². The van der Waals surface area contributed by atoms with Gasteiger partial charge in [0, 0.05) is 33.7 Å². The zero-order valence-electron chi connectivity index (χ0n) is 11.7. The van der Waals surface area contributed by atoms with Crippen molar-refractivity contribution in [2.75, 3.05) is 17.3 Å². The Hall–Kier alpha value is -0.950. The van der Waals surface area contributed by atoms with Crippen LogP contribution in [-0.4, -0.2) is 38.3 Å². The minimum atomic E-state index is -0.783. The van der Waals surface area contributed by atoms with E-state index in [1.807, 2.05) is 6.92 Å². The van der Waals surface area contributed by atoms with Crippen molar-refractivity contribution < 1.29 is 14.1 Å². The molecule has 3 atom stereocenters. The molecule has 7 heteroatoms. The molecule has 0 spiro atoms. The topological polar surface area (TPSA) is 79.3 Å². The Morgan fingerprint density at radius 1 is 1.65 bits per heavy atom. The Balaban J connectivity index is 2.04. The largest absolute Gasteiger partial charge is 0.481 e. The van der Waals surface area contributed by atoms with E-state index in [0.29, 0.717) is 12.2 Å². The summed E-state index contributed by atoms with van der Waals surface area (Å²) in [6.45, 7) is 2.03. The number of carboxylic acids is 1. The van der Waals surface area contributed by atoms with Crippen LogP contribution >= 0.6 is 11.3 Å². The average molecular weight is 316 g/mol. The number of nitrogens with zero attached hydrogens (tertiary/aromatic N) is 1. The molecule has 2 rings (SSSR count). The number of aryl methyl sites for hydroxylation is 1. The van der Waals surface area contributed by atoms with Crippen LogP contribution in [0.15, 0.2) is 0 Å². The second-order valence-corrected chi connectivity index (χ2v) is 7.86. The van der Waals surface area contributed by atoms with Crippen LogP contribution in [0.1, 0.15) is 42.7 Å². The van der Waals surface area contributed by atoms with Crippen LogP contribution in [0, 0.1) is 0 Å². The normalized spacial score (nSPS) is 21.0. The van der Waals surface area contributed by atoms with Gasteiger partial charge in [-0.3, -0.25) is 9.00 Å². The quantitative estimate of drug-likeness (QED) is 0.841. The van der Waals surface area contributed by atoms with Crippen LogP contribution in [0.4, 0.5) is 5.13 Å². The molecule has 0 fully saturated rings. The molecule has 0 radical (unpaired) electrons. The fourth-order valence-corrected chi connectivity index (χ4v) is 4.21. The lowest BCUT2D eigenvalue weighted by Gasteiger charge is -2.16. The standard InChI is InChI=1S/C13H20N2O3S2/c1-8(6-7-20(2)18)14-13-15-11-9(12(16)17)4-3-5-10(11)19-13/h8-9H,3-7H2,1-2H3,(H,14,15)(H,16,17). The van der Waals surface area contributed by atoms with Gasteiger partial charge in [-0.1, -0.05) is 0 Å². The van der Waals surface area contributed by atoms with Gasteiger partial charge >= 0.3 is 5.97 Å². The van der Waals surface area contributed by atoms with Crippen LogP contribution in [0.5, 0.6) is 0 Å². The van der Waals surface area contributed by atoms with Gasteiger partial charge in [-0.25, -0.2) is 4.98 Å². The minimum absolute atomic E-state index is 0.190. The summed E-state index contributed by atoms with van der Waals surface area (Å²) in [6.07, 6.45) is 5.03. The third kappa shape index (κ3) is 3.79. The SMILES string of the molecule is CC(CCS(C)=O)Nc1nc2c(s1)CCCC2C(=O)O. The molecule has 1 aromatic rings. The number of thiazole rings is 1. The first-order chi connectivity index (χ1) is 9.47. The van der Waals surface area contributed by atoms with E-state index in [1.165, 1.54) is 0 Å². The number of carbonyl (C=O) groups is 1. The first-order valence-corrected chi connectivity index (χ1v) is 9.30. The van der Waals surface area contributed by atoms with E-state index in [0.717, 1.165) is 35.0 Å². The molecule has 0 amide bonds. The molecule has 1 aromatic heterocycles. The Morgan fingerprint density at radius 3 is 3.05 bits per heavy atom. The molecule has 20 heavy (non-hydrogen) atoms. The van der Waals surface area contributed by atoms with Gasteiger partial charge < -0.3 is 10.4 Å². The van der Waals surface area contributed by atoms with Crippen LogP contribution in [0.3, 0.4) is 0 Å². The van der Waals surface area contributed by atoms with E-state index in [2.05, 4.69) is 10.3 Å². The highest BCUT2D eigenvalue weighted by molar-refractivity contribution is 7.84. The summed E-state index contributed by atoms with van der Waals surface area (Å²) in [7, 11) is -0.783. The average Bonchev–Trinajstić information content (AvgIpc) is 2.77. The third-order valence-corrected chi connectivity index (χ3v) is 5.33. The molecule has 1 aliphatic rings. The first-order valence-electron chi connectivity index (χ1n) is 6.76.